The fraction of sp³-hybridized carbons (Fsp3) is 0.176. The van der Waals surface area contributed by atoms with E-state index in [9.17, 15) is 8.42 Å². The van der Waals surface area contributed by atoms with Gasteiger partial charge in [0, 0.05) is 37.7 Å². The predicted octanol–water partition coefficient (Wildman–Crippen LogP) is 3.07. The minimum Gasteiger partial charge on any atom is -0.356 e. The van der Waals surface area contributed by atoms with Crippen LogP contribution in [0.2, 0.25) is 0 Å². The number of hydrogen-bond acceptors (Lipinski definition) is 6. The molecule has 1 N–H and O–H groups in total. The van der Waals surface area contributed by atoms with E-state index in [1.54, 1.807) is 24.3 Å². The van der Waals surface area contributed by atoms with Crippen molar-refractivity contribution in [2.45, 2.75) is 11.4 Å². The van der Waals surface area contributed by atoms with Gasteiger partial charge in [0.15, 0.2) is 5.82 Å². The summed E-state index contributed by atoms with van der Waals surface area (Å²) in [6.07, 6.45) is 0. The van der Waals surface area contributed by atoms with E-state index >= 15 is 0 Å². The molecule has 0 atom stereocenters. The van der Waals surface area contributed by atoms with Gasteiger partial charge in [0.25, 0.3) is 0 Å². The summed E-state index contributed by atoms with van der Waals surface area (Å²) in [4.78, 5) is 4.75. The lowest BCUT2D eigenvalue weighted by atomic mass is 10.2. The Balaban J connectivity index is 1.66. The van der Waals surface area contributed by atoms with Gasteiger partial charge in [-0.05, 0) is 17.7 Å². The van der Waals surface area contributed by atoms with Crippen LogP contribution >= 0.6 is 11.5 Å². The lowest BCUT2D eigenvalue weighted by Crippen LogP contribution is -2.22. The van der Waals surface area contributed by atoms with Gasteiger partial charge in [-0.2, -0.15) is 9.36 Å². The average molecular weight is 374 g/mol. The Labute approximate surface area is 151 Å². The highest BCUT2D eigenvalue weighted by Crippen LogP contribution is 2.21. The maximum atomic E-state index is 12.1. The van der Waals surface area contributed by atoms with E-state index in [0.29, 0.717) is 12.4 Å². The lowest BCUT2D eigenvalue weighted by molar-refractivity contribution is 0.520. The number of hydrogen-bond donors (Lipinski definition) is 1. The Bertz CT molecular complexity index is 936. The second kappa shape index (κ2) is 7.30. The van der Waals surface area contributed by atoms with Gasteiger partial charge in [0.05, 0.1) is 4.90 Å². The van der Waals surface area contributed by atoms with Crippen molar-refractivity contribution in [2.24, 2.45) is 0 Å². The summed E-state index contributed by atoms with van der Waals surface area (Å²) in [5, 5.41) is 3.94. The fourth-order valence-electron chi connectivity index (χ4n) is 2.17. The minimum atomic E-state index is -3.40. The van der Waals surface area contributed by atoms with Gasteiger partial charge in [-0.15, -0.1) is 0 Å². The molecule has 130 valence electrons. The summed E-state index contributed by atoms with van der Waals surface area (Å²) in [6.45, 7) is 0.547. The van der Waals surface area contributed by atoms with Crippen molar-refractivity contribution in [3.63, 3.8) is 0 Å². The molecule has 3 rings (SSSR count). The summed E-state index contributed by atoms with van der Waals surface area (Å²) < 4.78 is 29.7. The van der Waals surface area contributed by atoms with Crippen molar-refractivity contribution in [2.75, 3.05) is 19.4 Å². The quantitative estimate of drug-likeness (QED) is 0.718. The third-order valence-corrected chi connectivity index (χ3v) is 6.11. The number of nitrogens with zero attached hydrogens (tertiary/aromatic N) is 3. The molecule has 6 nitrogen and oxygen atoms in total. The van der Waals surface area contributed by atoms with Crippen molar-refractivity contribution in [1.29, 1.82) is 0 Å². The van der Waals surface area contributed by atoms with E-state index in [1.165, 1.54) is 29.9 Å². The third kappa shape index (κ3) is 4.04. The van der Waals surface area contributed by atoms with E-state index in [4.69, 9.17) is 0 Å². The van der Waals surface area contributed by atoms with Gasteiger partial charge in [0.1, 0.15) is 0 Å². The second-order valence-corrected chi connectivity index (χ2v) is 8.48. The van der Waals surface area contributed by atoms with Crippen molar-refractivity contribution in [3.8, 4) is 11.4 Å². The van der Waals surface area contributed by atoms with E-state index < -0.39 is 10.0 Å². The first-order chi connectivity index (χ1) is 12.0. The van der Waals surface area contributed by atoms with Gasteiger partial charge in [-0.1, -0.05) is 42.5 Å². The molecule has 3 aromatic rings. The molecule has 0 unspecified atom stereocenters. The number of anilines is 1. The maximum Gasteiger partial charge on any atom is 0.242 e. The van der Waals surface area contributed by atoms with Gasteiger partial charge in [-0.25, -0.2) is 12.7 Å². The molecular formula is C17H18N4O2S2. The first-order valence-corrected chi connectivity index (χ1v) is 9.82. The van der Waals surface area contributed by atoms with Crippen molar-refractivity contribution < 1.29 is 8.42 Å². The maximum absolute atomic E-state index is 12.1. The summed E-state index contributed by atoms with van der Waals surface area (Å²) in [5.74, 6) is 0.695. The normalized spacial score (nSPS) is 11.6. The molecule has 0 fully saturated rings. The molecule has 2 aromatic carbocycles. The zero-order valence-corrected chi connectivity index (χ0v) is 15.5. The molecule has 1 heterocycles. The molecule has 0 bridgehead atoms. The van der Waals surface area contributed by atoms with Crippen LogP contribution in [-0.4, -0.2) is 36.2 Å². The van der Waals surface area contributed by atoms with E-state index in [0.717, 1.165) is 16.3 Å². The van der Waals surface area contributed by atoms with Crippen LogP contribution in [0.15, 0.2) is 59.5 Å². The van der Waals surface area contributed by atoms with Crippen molar-refractivity contribution in [1.82, 2.24) is 13.7 Å². The molecule has 0 amide bonds. The zero-order chi connectivity index (χ0) is 17.9. The summed E-state index contributed by atoms with van der Waals surface area (Å²) in [7, 11) is -0.359. The van der Waals surface area contributed by atoms with Crippen LogP contribution in [0, 0.1) is 0 Å². The molecule has 0 aliphatic carbocycles. The average Bonchev–Trinajstić information content (AvgIpc) is 3.10. The molecule has 8 heteroatoms. The Hall–Kier alpha value is -2.29. The highest BCUT2D eigenvalue weighted by molar-refractivity contribution is 7.89. The number of aromatic nitrogens is 2. The van der Waals surface area contributed by atoms with E-state index in [2.05, 4.69) is 14.7 Å². The summed E-state index contributed by atoms with van der Waals surface area (Å²) in [5.41, 5.74) is 1.94. The van der Waals surface area contributed by atoms with Crippen LogP contribution in [0.1, 0.15) is 5.56 Å². The van der Waals surface area contributed by atoms with Crippen LogP contribution in [-0.2, 0) is 16.6 Å². The van der Waals surface area contributed by atoms with E-state index in [-0.39, 0.29) is 4.90 Å². The van der Waals surface area contributed by atoms with Gasteiger partial charge in [0.2, 0.25) is 15.2 Å². The van der Waals surface area contributed by atoms with Gasteiger partial charge < -0.3 is 5.32 Å². The van der Waals surface area contributed by atoms with E-state index in [1.807, 2.05) is 30.3 Å². The van der Waals surface area contributed by atoms with Crippen molar-refractivity contribution >= 4 is 26.7 Å². The molecule has 1 aromatic heterocycles. The molecular weight excluding hydrogens is 356 g/mol. The highest BCUT2D eigenvalue weighted by Gasteiger charge is 2.16. The number of nitrogens with one attached hydrogen (secondary N) is 1. The Morgan fingerprint density at radius 1 is 1.04 bits per heavy atom. The van der Waals surface area contributed by atoms with Crippen LogP contribution in [0.25, 0.3) is 11.4 Å². The number of sulfonamides is 1. The molecule has 0 radical (unpaired) electrons. The summed E-state index contributed by atoms with van der Waals surface area (Å²) >= 11 is 1.30. The molecule has 0 saturated carbocycles. The number of benzene rings is 2. The summed E-state index contributed by atoms with van der Waals surface area (Å²) in [6, 6.07) is 16.6. The largest absolute Gasteiger partial charge is 0.356 e. The molecule has 25 heavy (non-hydrogen) atoms. The first-order valence-electron chi connectivity index (χ1n) is 7.61. The highest BCUT2D eigenvalue weighted by atomic mass is 32.2. The second-order valence-electron chi connectivity index (χ2n) is 5.57. The first kappa shape index (κ1) is 17.5. The van der Waals surface area contributed by atoms with Crippen LogP contribution in [0.3, 0.4) is 0 Å². The minimum absolute atomic E-state index is 0.281. The SMILES string of the molecule is CN(C)S(=O)(=O)c1ccc(CNc2nc(-c3ccccc3)ns2)cc1. The standard InChI is InChI=1S/C17H18N4O2S2/c1-21(2)25(22,23)15-10-8-13(9-11-15)12-18-17-19-16(20-24-17)14-6-4-3-5-7-14/h3-11H,12H2,1-2H3,(H,18,19,20). The smallest absolute Gasteiger partial charge is 0.242 e. The van der Waals surface area contributed by atoms with Crippen LogP contribution in [0.4, 0.5) is 5.13 Å². The lowest BCUT2D eigenvalue weighted by Gasteiger charge is -2.11. The van der Waals surface area contributed by atoms with Gasteiger partial charge in [-0.3, -0.25) is 0 Å². The third-order valence-electron chi connectivity index (χ3n) is 3.60. The molecule has 0 aliphatic heterocycles. The number of rotatable bonds is 6. The van der Waals surface area contributed by atoms with Gasteiger partial charge >= 0.3 is 0 Å². The predicted molar refractivity (Wildman–Crippen MR) is 100.0 cm³/mol. The Morgan fingerprint density at radius 3 is 2.36 bits per heavy atom. The Morgan fingerprint density at radius 2 is 1.72 bits per heavy atom. The fourth-order valence-corrected chi connectivity index (χ4v) is 3.65. The van der Waals surface area contributed by atoms with Crippen molar-refractivity contribution in [3.05, 3.63) is 60.2 Å². The van der Waals surface area contributed by atoms with Crippen LogP contribution < -0.4 is 5.32 Å². The molecule has 0 saturated heterocycles. The van der Waals surface area contributed by atoms with Crippen LogP contribution in [0.5, 0.6) is 0 Å². The topological polar surface area (TPSA) is 75.2 Å². The monoisotopic (exact) mass is 374 g/mol. The Kier molecular flexibility index (Phi) is 5.12. The molecule has 0 spiro atoms. The molecule has 0 aliphatic rings. The zero-order valence-electron chi connectivity index (χ0n) is 13.9.